The number of fused-ring (bicyclic) bond motifs is 2. The number of rotatable bonds is 4. The van der Waals surface area contributed by atoms with Gasteiger partial charge in [-0.05, 0) is 51.5 Å². The summed E-state index contributed by atoms with van der Waals surface area (Å²) in [5.74, 6) is 0.846. The molecule has 1 aromatic heterocycles. The maximum Gasteiger partial charge on any atom is 0.273 e. The minimum atomic E-state index is -3.70. The van der Waals surface area contributed by atoms with Crippen LogP contribution in [0, 0.1) is 18.8 Å². The van der Waals surface area contributed by atoms with Gasteiger partial charge in [0.2, 0.25) is 5.09 Å². The van der Waals surface area contributed by atoms with Crippen molar-refractivity contribution in [2.45, 2.75) is 56.2 Å². The van der Waals surface area contributed by atoms with Gasteiger partial charge in [-0.2, -0.15) is 0 Å². The van der Waals surface area contributed by atoms with Gasteiger partial charge in [-0.15, -0.1) is 0 Å². The predicted octanol–water partition coefficient (Wildman–Crippen LogP) is 1.13. The Balaban J connectivity index is 1.78. The number of nitrogens with two attached hydrogens (primary N) is 1. The second-order valence-corrected chi connectivity index (χ2v) is 8.74. The zero-order valence-corrected chi connectivity index (χ0v) is 14.9. The minimum Gasteiger partial charge on any atom is -0.448 e. The van der Waals surface area contributed by atoms with E-state index in [0.29, 0.717) is 17.6 Å². The van der Waals surface area contributed by atoms with Crippen LogP contribution in [0.15, 0.2) is 15.6 Å². The summed E-state index contributed by atoms with van der Waals surface area (Å²) in [5.41, 5.74) is 6.39. The molecule has 0 aromatic carbocycles. The lowest BCUT2D eigenvalue weighted by Gasteiger charge is -2.45. The van der Waals surface area contributed by atoms with Crippen molar-refractivity contribution in [2.24, 2.45) is 17.6 Å². The second kappa shape index (κ2) is 6.50. The van der Waals surface area contributed by atoms with Gasteiger partial charge in [-0.1, -0.05) is 6.42 Å². The molecule has 2 unspecified atom stereocenters. The van der Waals surface area contributed by atoms with Crippen LogP contribution in [0.1, 0.15) is 48.2 Å². The third kappa shape index (κ3) is 3.22. The highest BCUT2D eigenvalue weighted by Gasteiger charge is 2.40. The molecule has 8 heteroatoms. The maximum absolute atomic E-state index is 12.7. The first kappa shape index (κ1) is 17.4. The molecule has 3 rings (SSSR count). The Labute approximate surface area is 142 Å². The van der Waals surface area contributed by atoms with E-state index in [1.54, 1.807) is 6.92 Å². The van der Waals surface area contributed by atoms with Crippen molar-refractivity contribution >= 4 is 15.9 Å². The molecule has 0 saturated heterocycles. The van der Waals surface area contributed by atoms with E-state index in [0.717, 1.165) is 25.7 Å². The number of sulfonamides is 1. The van der Waals surface area contributed by atoms with Crippen LogP contribution in [0.4, 0.5) is 0 Å². The topological polar surface area (TPSA) is 114 Å². The van der Waals surface area contributed by atoms with E-state index in [2.05, 4.69) is 10.0 Å². The molecule has 2 atom stereocenters. The van der Waals surface area contributed by atoms with Gasteiger partial charge in [0.1, 0.15) is 5.76 Å². The van der Waals surface area contributed by atoms with Crippen LogP contribution in [0.25, 0.3) is 0 Å². The molecule has 24 heavy (non-hydrogen) atoms. The van der Waals surface area contributed by atoms with Crippen LogP contribution in [-0.2, 0) is 10.0 Å². The lowest BCUT2D eigenvalue weighted by molar-refractivity contribution is 0.0754. The molecule has 2 saturated carbocycles. The highest BCUT2D eigenvalue weighted by Crippen LogP contribution is 2.39. The van der Waals surface area contributed by atoms with Crippen molar-refractivity contribution in [3.63, 3.8) is 0 Å². The molecule has 2 fully saturated rings. The molecule has 1 amide bonds. The van der Waals surface area contributed by atoms with Gasteiger partial charge in [-0.3, -0.25) is 4.79 Å². The summed E-state index contributed by atoms with van der Waals surface area (Å²) in [6.45, 7) is 1.60. The van der Waals surface area contributed by atoms with Crippen LogP contribution < -0.4 is 15.8 Å². The molecule has 0 spiro atoms. The largest absolute Gasteiger partial charge is 0.448 e. The summed E-state index contributed by atoms with van der Waals surface area (Å²) in [6, 6.07) is 1.63. The van der Waals surface area contributed by atoms with Crippen LogP contribution in [0.3, 0.4) is 0 Å². The van der Waals surface area contributed by atoms with Crippen molar-refractivity contribution in [3.05, 3.63) is 17.4 Å². The van der Waals surface area contributed by atoms with Gasteiger partial charge in [-0.25, -0.2) is 13.1 Å². The molecule has 134 valence electrons. The number of furan rings is 1. The fourth-order valence-corrected chi connectivity index (χ4v) is 4.88. The normalized spacial score (nSPS) is 30.1. The summed E-state index contributed by atoms with van der Waals surface area (Å²) in [6.07, 6.45) is 5.22. The van der Waals surface area contributed by atoms with Gasteiger partial charge < -0.3 is 15.5 Å². The van der Waals surface area contributed by atoms with Gasteiger partial charge >= 0.3 is 0 Å². The van der Waals surface area contributed by atoms with Crippen molar-refractivity contribution in [3.8, 4) is 0 Å². The summed E-state index contributed by atoms with van der Waals surface area (Å²) in [4.78, 5) is 12.7. The Hall–Kier alpha value is -1.38. The summed E-state index contributed by atoms with van der Waals surface area (Å²) in [7, 11) is -2.40. The zero-order valence-electron chi connectivity index (χ0n) is 14.0. The average Bonchev–Trinajstić information content (AvgIpc) is 2.91. The molecule has 7 nitrogen and oxygen atoms in total. The molecule has 2 bridgehead atoms. The van der Waals surface area contributed by atoms with E-state index in [-0.39, 0.29) is 28.6 Å². The van der Waals surface area contributed by atoms with Crippen molar-refractivity contribution < 1.29 is 17.6 Å². The first-order valence-corrected chi connectivity index (χ1v) is 9.90. The number of carbonyl (C=O) groups excluding carboxylic acids is 1. The summed E-state index contributed by atoms with van der Waals surface area (Å²) < 4.78 is 31.1. The first-order valence-electron chi connectivity index (χ1n) is 8.42. The Morgan fingerprint density at radius 3 is 2.50 bits per heavy atom. The number of amides is 1. The number of carbonyl (C=O) groups is 1. The fraction of sp³-hybridized carbons (Fsp3) is 0.688. The molecule has 0 radical (unpaired) electrons. The third-order valence-corrected chi connectivity index (χ3v) is 6.62. The van der Waals surface area contributed by atoms with Crippen LogP contribution in [0.5, 0.6) is 0 Å². The van der Waals surface area contributed by atoms with Crippen LogP contribution in [0.2, 0.25) is 0 Å². The molecule has 1 aromatic rings. The highest BCUT2D eigenvalue weighted by atomic mass is 32.2. The van der Waals surface area contributed by atoms with Gasteiger partial charge in [0, 0.05) is 18.2 Å². The van der Waals surface area contributed by atoms with Gasteiger partial charge in [0.25, 0.3) is 15.9 Å². The monoisotopic (exact) mass is 355 g/mol. The number of hydrogen-bond acceptors (Lipinski definition) is 5. The summed E-state index contributed by atoms with van der Waals surface area (Å²) in [5, 5.41) is 2.87. The average molecular weight is 355 g/mol. The SMILES string of the molecule is CNS(=O)(=O)c1cc(C(=O)NC2C3CCCC2CC(N)C3)c(C)o1. The lowest BCUT2D eigenvalue weighted by Crippen LogP contribution is -2.53. The number of nitrogens with one attached hydrogen (secondary N) is 2. The quantitative estimate of drug-likeness (QED) is 0.749. The zero-order chi connectivity index (χ0) is 17.5. The number of hydrogen-bond donors (Lipinski definition) is 3. The van der Waals surface area contributed by atoms with Crippen molar-refractivity contribution in [1.82, 2.24) is 10.0 Å². The summed E-state index contributed by atoms with van der Waals surface area (Å²) >= 11 is 0. The Morgan fingerprint density at radius 2 is 1.92 bits per heavy atom. The van der Waals surface area contributed by atoms with E-state index in [9.17, 15) is 13.2 Å². The van der Waals surface area contributed by atoms with Gasteiger partial charge in [0.05, 0.1) is 5.56 Å². The Morgan fingerprint density at radius 1 is 1.29 bits per heavy atom. The van der Waals surface area contributed by atoms with E-state index in [1.807, 2.05) is 0 Å². The molecular formula is C16H25N3O4S. The molecule has 1 heterocycles. The van der Waals surface area contributed by atoms with Crippen molar-refractivity contribution in [2.75, 3.05) is 7.05 Å². The standard InChI is InChI=1S/C16H25N3O4S/c1-9-13(8-14(23-9)24(21,22)18-2)16(20)19-15-10-4-3-5-11(15)7-12(17)6-10/h8,10-12,15,18H,3-7,17H2,1-2H3,(H,19,20). The molecular weight excluding hydrogens is 330 g/mol. The molecule has 2 aliphatic rings. The highest BCUT2D eigenvalue weighted by molar-refractivity contribution is 7.89. The maximum atomic E-state index is 12.7. The fourth-order valence-electron chi connectivity index (χ4n) is 4.17. The minimum absolute atomic E-state index is 0.115. The number of aryl methyl sites for hydroxylation is 1. The van der Waals surface area contributed by atoms with Crippen molar-refractivity contribution in [1.29, 1.82) is 0 Å². The second-order valence-electron chi connectivity index (χ2n) is 6.92. The van der Waals surface area contributed by atoms with E-state index < -0.39 is 10.0 Å². The molecule has 2 aliphatic carbocycles. The molecule has 0 aliphatic heterocycles. The van der Waals surface area contributed by atoms with Gasteiger partial charge in [0.15, 0.2) is 0 Å². The predicted molar refractivity (Wildman–Crippen MR) is 89.0 cm³/mol. The Bertz CT molecular complexity index is 714. The lowest BCUT2D eigenvalue weighted by atomic mass is 9.67. The smallest absolute Gasteiger partial charge is 0.273 e. The van der Waals surface area contributed by atoms with Crippen LogP contribution in [-0.4, -0.2) is 33.5 Å². The Kier molecular flexibility index (Phi) is 4.72. The van der Waals surface area contributed by atoms with Crippen LogP contribution >= 0.6 is 0 Å². The first-order chi connectivity index (χ1) is 11.3. The molecule has 4 N–H and O–H groups in total. The van der Waals surface area contributed by atoms with E-state index >= 15 is 0 Å². The van der Waals surface area contributed by atoms with E-state index in [1.165, 1.54) is 19.5 Å². The van der Waals surface area contributed by atoms with E-state index in [4.69, 9.17) is 10.2 Å². The third-order valence-electron chi connectivity index (χ3n) is 5.35.